The van der Waals surface area contributed by atoms with Crippen molar-refractivity contribution in [2.24, 2.45) is 0 Å². The van der Waals surface area contributed by atoms with Crippen LogP contribution in [-0.4, -0.2) is 28.5 Å². The molecule has 0 fully saturated rings. The third-order valence-electron chi connectivity index (χ3n) is 4.85. The molecule has 4 aromatic rings. The van der Waals surface area contributed by atoms with Crippen LogP contribution in [0.25, 0.3) is 16.9 Å². The summed E-state index contributed by atoms with van der Waals surface area (Å²) in [6.07, 6.45) is 0. The molecule has 0 bridgehead atoms. The van der Waals surface area contributed by atoms with Gasteiger partial charge in [0.05, 0.1) is 24.1 Å². The summed E-state index contributed by atoms with van der Waals surface area (Å²) in [5.41, 5.74) is 3.06. The predicted molar refractivity (Wildman–Crippen MR) is 115 cm³/mol. The first-order valence-electron chi connectivity index (χ1n) is 9.53. The van der Waals surface area contributed by atoms with Gasteiger partial charge in [-0.1, -0.05) is 60.7 Å². The minimum absolute atomic E-state index is 0.142. The Morgan fingerprint density at radius 1 is 0.833 bits per heavy atom. The van der Waals surface area contributed by atoms with E-state index in [2.05, 4.69) is 5.10 Å². The summed E-state index contributed by atoms with van der Waals surface area (Å²) in [6, 6.07) is 25.7. The van der Waals surface area contributed by atoms with Gasteiger partial charge in [-0.05, 0) is 31.2 Å². The van der Waals surface area contributed by atoms with Crippen LogP contribution in [0.3, 0.4) is 0 Å². The zero-order valence-electron chi connectivity index (χ0n) is 16.7. The monoisotopic (exact) mass is 396 g/mol. The van der Waals surface area contributed by atoms with Crippen molar-refractivity contribution in [2.75, 3.05) is 7.11 Å². The minimum Gasteiger partial charge on any atom is -0.497 e. The van der Waals surface area contributed by atoms with Gasteiger partial charge in [0.15, 0.2) is 5.78 Å². The minimum atomic E-state index is -0.287. The Morgan fingerprint density at radius 3 is 2.00 bits per heavy atom. The van der Waals surface area contributed by atoms with Crippen LogP contribution in [0.4, 0.5) is 0 Å². The molecule has 1 aromatic heterocycles. The number of carbonyl (C=O) groups excluding carboxylic acids is 2. The molecule has 0 amide bonds. The van der Waals surface area contributed by atoms with Crippen molar-refractivity contribution in [3.63, 3.8) is 0 Å². The maximum atomic E-state index is 13.3. The number of methoxy groups -OCH3 is 1. The number of carbonyl (C=O) groups is 2. The van der Waals surface area contributed by atoms with Gasteiger partial charge in [0, 0.05) is 11.1 Å². The summed E-state index contributed by atoms with van der Waals surface area (Å²) < 4.78 is 6.90. The average molecular weight is 396 g/mol. The van der Waals surface area contributed by atoms with Crippen LogP contribution in [-0.2, 0) is 0 Å². The molecule has 0 N–H and O–H groups in total. The predicted octanol–water partition coefficient (Wildman–Crippen LogP) is 4.98. The van der Waals surface area contributed by atoms with Crippen LogP contribution in [0, 0.1) is 0 Å². The van der Waals surface area contributed by atoms with E-state index < -0.39 is 0 Å². The van der Waals surface area contributed by atoms with Gasteiger partial charge in [0.1, 0.15) is 11.4 Å². The first-order chi connectivity index (χ1) is 14.6. The Labute approximate surface area is 174 Å². The Bertz CT molecular complexity index is 1190. The molecule has 0 radical (unpaired) electrons. The highest BCUT2D eigenvalue weighted by molar-refractivity contribution is 6.16. The Morgan fingerprint density at radius 2 is 1.43 bits per heavy atom. The molecule has 0 aliphatic rings. The molecule has 148 valence electrons. The van der Waals surface area contributed by atoms with E-state index in [1.807, 2.05) is 60.7 Å². The lowest BCUT2D eigenvalue weighted by molar-refractivity contribution is 0.0989. The molecule has 30 heavy (non-hydrogen) atoms. The van der Waals surface area contributed by atoms with Crippen molar-refractivity contribution in [3.05, 3.63) is 102 Å². The zero-order chi connectivity index (χ0) is 21.1. The number of ketones is 2. The van der Waals surface area contributed by atoms with Gasteiger partial charge < -0.3 is 4.74 Å². The summed E-state index contributed by atoms with van der Waals surface area (Å²) in [4.78, 5) is 26.0. The number of hydrogen-bond donors (Lipinski definition) is 0. The second kappa shape index (κ2) is 8.17. The van der Waals surface area contributed by atoms with E-state index in [-0.39, 0.29) is 17.3 Å². The standard InChI is InChI=1S/C25H20N2O3/c1-17(28)22-23(25(29)19-11-7-4-8-12-19)26-27(20-13-15-21(30-2)16-14-20)24(22)18-9-5-3-6-10-18/h3-16H,1-2H3. The molecule has 0 saturated heterocycles. The van der Waals surface area contributed by atoms with E-state index in [0.29, 0.717) is 22.6 Å². The van der Waals surface area contributed by atoms with Crippen LogP contribution in [0.2, 0.25) is 0 Å². The van der Waals surface area contributed by atoms with Gasteiger partial charge in [-0.3, -0.25) is 9.59 Å². The van der Waals surface area contributed by atoms with Crippen LogP contribution in [0.1, 0.15) is 33.3 Å². The summed E-state index contributed by atoms with van der Waals surface area (Å²) in [5.74, 6) is 0.206. The molecule has 0 aliphatic carbocycles. The smallest absolute Gasteiger partial charge is 0.214 e. The van der Waals surface area contributed by atoms with E-state index in [1.54, 1.807) is 36.1 Å². The van der Waals surface area contributed by atoms with Crippen molar-refractivity contribution in [2.45, 2.75) is 6.92 Å². The maximum absolute atomic E-state index is 13.3. The van der Waals surface area contributed by atoms with Crippen LogP contribution < -0.4 is 4.74 Å². The molecule has 0 spiro atoms. The number of Topliss-reactive ketones (excluding diaryl/α,β-unsaturated/α-hetero) is 1. The van der Waals surface area contributed by atoms with E-state index in [0.717, 1.165) is 11.3 Å². The Kier molecular flexibility index (Phi) is 5.26. The van der Waals surface area contributed by atoms with Gasteiger partial charge in [0.2, 0.25) is 5.78 Å². The van der Waals surface area contributed by atoms with Crippen LogP contribution in [0.15, 0.2) is 84.9 Å². The van der Waals surface area contributed by atoms with Gasteiger partial charge in [-0.25, -0.2) is 4.68 Å². The Hall–Kier alpha value is -3.99. The van der Waals surface area contributed by atoms with Crippen molar-refractivity contribution < 1.29 is 14.3 Å². The number of rotatable bonds is 6. The van der Waals surface area contributed by atoms with Gasteiger partial charge in [-0.2, -0.15) is 5.10 Å². The molecule has 1 heterocycles. The second-order valence-corrected chi connectivity index (χ2v) is 6.80. The fraction of sp³-hybridized carbons (Fsp3) is 0.0800. The van der Waals surface area contributed by atoms with Gasteiger partial charge >= 0.3 is 0 Å². The number of hydrogen-bond acceptors (Lipinski definition) is 4. The SMILES string of the molecule is COc1ccc(-n2nc(C(=O)c3ccccc3)c(C(C)=O)c2-c2ccccc2)cc1. The van der Waals surface area contributed by atoms with Crippen molar-refractivity contribution >= 4 is 11.6 Å². The lowest BCUT2D eigenvalue weighted by Gasteiger charge is -2.10. The number of ether oxygens (including phenoxy) is 1. The highest BCUT2D eigenvalue weighted by Crippen LogP contribution is 2.31. The van der Waals surface area contributed by atoms with Crippen molar-refractivity contribution in [1.29, 1.82) is 0 Å². The van der Waals surface area contributed by atoms with Crippen molar-refractivity contribution in [3.8, 4) is 22.7 Å². The van der Waals surface area contributed by atoms with Gasteiger partial charge in [0.25, 0.3) is 0 Å². The molecule has 0 aliphatic heterocycles. The topological polar surface area (TPSA) is 61.2 Å². The first-order valence-corrected chi connectivity index (χ1v) is 9.53. The van der Waals surface area contributed by atoms with E-state index in [4.69, 9.17) is 4.74 Å². The number of aromatic nitrogens is 2. The molecule has 0 unspecified atom stereocenters. The summed E-state index contributed by atoms with van der Waals surface area (Å²) in [7, 11) is 1.60. The largest absolute Gasteiger partial charge is 0.497 e. The number of benzene rings is 3. The van der Waals surface area contributed by atoms with Crippen LogP contribution in [0.5, 0.6) is 5.75 Å². The molecule has 3 aromatic carbocycles. The van der Waals surface area contributed by atoms with E-state index >= 15 is 0 Å². The van der Waals surface area contributed by atoms with Gasteiger partial charge in [-0.15, -0.1) is 0 Å². The molecule has 0 atom stereocenters. The average Bonchev–Trinajstić information content (AvgIpc) is 3.21. The Balaban J connectivity index is 1.99. The molecule has 5 nitrogen and oxygen atoms in total. The molecular formula is C25H20N2O3. The lowest BCUT2D eigenvalue weighted by atomic mass is 9.98. The summed E-state index contributed by atoms with van der Waals surface area (Å²) in [6.45, 7) is 1.46. The molecule has 0 saturated carbocycles. The molecule has 4 rings (SSSR count). The highest BCUT2D eigenvalue weighted by atomic mass is 16.5. The first kappa shape index (κ1) is 19.3. The summed E-state index contributed by atoms with van der Waals surface area (Å²) in [5, 5.41) is 4.62. The highest BCUT2D eigenvalue weighted by Gasteiger charge is 2.28. The fourth-order valence-electron chi connectivity index (χ4n) is 3.41. The lowest BCUT2D eigenvalue weighted by Crippen LogP contribution is -2.08. The quantitative estimate of drug-likeness (QED) is 0.431. The number of nitrogens with zero attached hydrogens (tertiary/aromatic N) is 2. The normalized spacial score (nSPS) is 10.6. The van der Waals surface area contributed by atoms with E-state index in [9.17, 15) is 9.59 Å². The maximum Gasteiger partial charge on any atom is 0.214 e. The third kappa shape index (κ3) is 3.53. The third-order valence-corrected chi connectivity index (χ3v) is 4.85. The molecular weight excluding hydrogens is 376 g/mol. The van der Waals surface area contributed by atoms with Crippen LogP contribution >= 0.6 is 0 Å². The summed E-state index contributed by atoms with van der Waals surface area (Å²) >= 11 is 0. The zero-order valence-corrected chi connectivity index (χ0v) is 16.7. The van der Waals surface area contributed by atoms with E-state index in [1.165, 1.54) is 6.92 Å². The fourth-order valence-corrected chi connectivity index (χ4v) is 3.41. The molecule has 5 heteroatoms. The van der Waals surface area contributed by atoms with Crippen molar-refractivity contribution in [1.82, 2.24) is 9.78 Å². The second-order valence-electron chi connectivity index (χ2n) is 6.80.